The van der Waals surface area contributed by atoms with Crippen molar-refractivity contribution in [1.29, 1.82) is 0 Å². The van der Waals surface area contributed by atoms with Gasteiger partial charge in [0.2, 0.25) is 11.8 Å². The SMILES string of the molecule is CNCC(C)(C)COCC(C)(C)CN(CC(=O)NCC(C)(C)COCC(C)(C)CN)CC(=O)NCC(C)(C)COCC(C)(C)CN. The lowest BCUT2D eigenvalue weighted by atomic mass is 9.92. The zero-order valence-corrected chi connectivity index (χ0v) is 32.0. The minimum Gasteiger partial charge on any atom is -0.380 e. The molecule has 0 spiro atoms. The number of nitrogens with two attached hydrogens (primary N) is 2. The maximum Gasteiger partial charge on any atom is 0.234 e. The molecule has 0 saturated carbocycles. The largest absolute Gasteiger partial charge is 0.380 e. The molecule has 0 aromatic carbocycles. The summed E-state index contributed by atoms with van der Waals surface area (Å²) in [6.45, 7) is 31.8. The van der Waals surface area contributed by atoms with E-state index in [9.17, 15) is 9.59 Å². The predicted molar refractivity (Wildman–Crippen MR) is 190 cm³/mol. The number of nitrogens with one attached hydrogen (secondary N) is 3. The second-order valence-electron chi connectivity index (χ2n) is 18.1. The van der Waals surface area contributed by atoms with Crippen molar-refractivity contribution in [3.05, 3.63) is 0 Å². The summed E-state index contributed by atoms with van der Waals surface area (Å²) in [5.74, 6) is -0.266. The number of nitrogens with zero attached hydrogens (tertiary/aromatic N) is 1. The average molecular weight is 659 g/mol. The van der Waals surface area contributed by atoms with Crippen LogP contribution < -0.4 is 27.4 Å². The third kappa shape index (κ3) is 22.3. The molecule has 0 aliphatic carbocycles. The van der Waals surface area contributed by atoms with Gasteiger partial charge in [0.1, 0.15) is 0 Å². The maximum atomic E-state index is 13.2. The van der Waals surface area contributed by atoms with Gasteiger partial charge in [0.05, 0.1) is 52.7 Å². The van der Waals surface area contributed by atoms with E-state index in [4.69, 9.17) is 25.7 Å². The van der Waals surface area contributed by atoms with Crippen LogP contribution in [0.15, 0.2) is 0 Å². The third-order valence-corrected chi connectivity index (χ3v) is 7.63. The van der Waals surface area contributed by atoms with E-state index in [0.717, 1.165) is 6.54 Å². The van der Waals surface area contributed by atoms with Gasteiger partial charge in [0.15, 0.2) is 0 Å². The number of carbonyl (C=O) groups is 2. The van der Waals surface area contributed by atoms with Crippen LogP contribution in [0.4, 0.5) is 0 Å². The quantitative estimate of drug-likeness (QED) is 0.0945. The molecule has 0 aromatic rings. The molecule has 0 bridgehead atoms. The smallest absolute Gasteiger partial charge is 0.234 e. The molecular formula is C35H74N6O5. The zero-order valence-electron chi connectivity index (χ0n) is 32.0. The second-order valence-corrected chi connectivity index (χ2v) is 18.1. The molecule has 7 N–H and O–H groups in total. The molecular weight excluding hydrogens is 584 g/mol. The highest BCUT2D eigenvalue weighted by Gasteiger charge is 2.29. The average Bonchev–Trinajstić information content (AvgIpc) is 2.90. The molecule has 0 aliphatic heterocycles. The molecule has 274 valence electrons. The number of carbonyl (C=O) groups excluding carboxylic acids is 2. The van der Waals surface area contributed by atoms with Crippen LogP contribution in [0.2, 0.25) is 0 Å². The summed E-state index contributed by atoms with van der Waals surface area (Å²) in [6.07, 6.45) is 0. The third-order valence-electron chi connectivity index (χ3n) is 7.63. The van der Waals surface area contributed by atoms with Gasteiger partial charge < -0.3 is 41.6 Å². The summed E-state index contributed by atoms with van der Waals surface area (Å²) in [6, 6.07) is 0. The lowest BCUT2D eigenvalue weighted by molar-refractivity contribution is -0.126. The summed E-state index contributed by atoms with van der Waals surface area (Å²) < 4.78 is 18.0. The number of hydrogen-bond donors (Lipinski definition) is 5. The molecule has 0 rings (SSSR count). The highest BCUT2D eigenvalue weighted by atomic mass is 16.5. The van der Waals surface area contributed by atoms with Crippen molar-refractivity contribution in [2.45, 2.75) is 83.1 Å². The summed E-state index contributed by atoms with van der Waals surface area (Å²) in [5.41, 5.74) is 10.6. The fraction of sp³-hybridized carbons (Fsp3) is 0.943. The standard InChI is InChI=1S/C35H74N6O5/c1-30(2,16-36)22-44-25-33(7,8)19-39-28(42)14-41(21-35(11,12)27-46-24-32(5,6)18-38-13)15-29(43)40-20-34(9,10)26-45-23-31(3,4)17-37/h38H,14-27,36-37H2,1-13H3,(H,39,42)(H,40,43). The van der Waals surface area contributed by atoms with Crippen LogP contribution in [0.25, 0.3) is 0 Å². The predicted octanol–water partition coefficient (Wildman–Crippen LogP) is 2.86. The minimum absolute atomic E-state index is 0.00252. The molecule has 0 aliphatic rings. The van der Waals surface area contributed by atoms with Gasteiger partial charge in [0, 0.05) is 58.7 Å². The molecule has 0 fully saturated rings. The Balaban J connectivity index is 5.33. The Kier molecular flexibility index (Phi) is 19.0. The summed E-state index contributed by atoms with van der Waals surface area (Å²) in [4.78, 5) is 28.3. The number of hydrogen-bond acceptors (Lipinski definition) is 9. The van der Waals surface area contributed by atoms with Crippen molar-refractivity contribution in [3.63, 3.8) is 0 Å². The van der Waals surface area contributed by atoms with E-state index in [1.165, 1.54) is 0 Å². The molecule has 11 heteroatoms. The molecule has 2 amide bonds. The highest BCUT2D eigenvalue weighted by Crippen LogP contribution is 2.22. The van der Waals surface area contributed by atoms with Gasteiger partial charge in [-0.25, -0.2) is 0 Å². The number of ether oxygens (including phenoxy) is 3. The topological polar surface area (TPSA) is 153 Å². The molecule has 0 heterocycles. The molecule has 0 saturated heterocycles. The molecule has 46 heavy (non-hydrogen) atoms. The van der Waals surface area contributed by atoms with Crippen molar-refractivity contribution in [2.24, 2.45) is 44.0 Å². The molecule has 0 radical (unpaired) electrons. The fourth-order valence-corrected chi connectivity index (χ4v) is 4.57. The molecule has 0 atom stereocenters. The number of amides is 2. The lowest BCUT2D eigenvalue weighted by Gasteiger charge is -2.34. The number of rotatable bonds is 26. The molecule has 0 unspecified atom stereocenters. The van der Waals surface area contributed by atoms with E-state index in [1.54, 1.807) is 0 Å². The highest BCUT2D eigenvalue weighted by molar-refractivity contribution is 5.81. The Morgan fingerprint density at radius 3 is 1.15 bits per heavy atom. The van der Waals surface area contributed by atoms with Crippen molar-refractivity contribution in [2.75, 3.05) is 99.0 Å². The summed E-state index contributed by atoms with van der Waals surface area (Å²) >= 11 is 0. The first kappa shape index (κ1) is 44.7. The van der Waals surface area contributed by atoms with E-state index in [0.29, 0.717) is 72.4 Å². The Labute approximate surface area is 282 Å². The monoisotopic (exact) mass is 659 g/mol. The Morgan fingerprint density at radius 1 is 0.522 bits per heavy atom. The van der Waals surface area contributed by atoms with Gasteiger partial charge >= 0.3 is 0 Å². The van der Waals surface area contributed by atoms with E-state index >= 15 is 0 Å². The van der Waals surface area contributed by atoms with Gasteiger partial charge in [-0.1, -0.05) is 83.1 Å². The summed E-state index contributed by atoms with van der Waals surface area (Å²) in [7, 11) is 1.94. The Hall–Kier alpha value is -1.34. The van der Waals surface area contributed by atoms with Crippen LogP contribution >= 0.6 is 0 Å². The van der Waals surface area contributed by atoms with Crippen LogP contribution in [0.5, 0.6) is 0 Å². The van der Waals surface area contributed by atoms with Gasteiger partial charge in [-0.15, -0.1) is 0 Å². The van der Waals surface area contributed by atoms with Crippen molar-refractivity contribution in [3.8, 4) is 0 Å². The zero-order chi connectivity index (χ0) is 35.9. The minimum atomic E-state index is -0.290. The van der Waals surface area contributed by atoms with Crippen LogP contribution in [-0.2, 0) is 23.8 Å². The van der Waals surface area contributed by atoms with Gasteiger partial charge in [-0.2, -0.15) is 0 Å². The van der Waals surface area contributed by atoms with E-state index < -0.39 is 0 Å². The van der Waals surface area contributed by atoms with E-state index in [-0.39, 0.29) is 57.4 Å². The Bertz CT molecular complexity index is 837. The van der Waals surface area contributed by atoms with Crippen LogP contribution in [-0.4, -0.2) is 116 Å². The van der Waals surface area contributed by atoms with Crippen LogP contribution in [0, 0.1) is 32.5 Å². The van der Waals surface area contributed by atoms with Crippen molar-refractivity contribution < 1.29 is 23.8 Å². The first-order valence-corrected chi connectivity index (χ1v) is 16.9. The van der Waals surface area contributed by atoms with Gasteiger partial charge in [-0.3, -0.25) is 14.5 Å². The molecule has 11 nitrogen and oxygen atoms in total. The van der Waals surface area contributed by atoms with Crippen LogP contribution in [0.3, 0.4) is 0 Å². The first-order valence-electron chi connectivity index (χ1n) is 16.9. The Morgan fingerprint density at radius 2 is 0.826 bits per heavy atom. The van der Waals surface area contributed by atoms with Gasteiger partial charge in [-0.05, 0) is 20.1 Å². The van der Waals surface area contributed by atoms with Crippen molar-refractivity contribution in [1.82, 2.24) is 20.9 Å². The van der Waals surface area contributed by atoms with Gasteiger partial charge in [0.25, 0.3) is 0 Å². The summed E-state index contributed by atoms with van der Waals surface area (Å²) in [5, 5.41) is 9.35. The van der Waals surface area contributed by atoms with E-state index in [2.05, 4.69) is 99.0 Å². The van der Waals surface area contributed by atoms with Crippen molar-refractivity contribution >= 4 is 11.8 Å². The lowest BCUT2D eigenvalue weighted by Crippen LogP contribution is -2.49. The maximum absolute atomic E-state index is 13.2. The first-order chi connectivity index (χ1) is 20.9. The fourth-order valence-electron chi connectivity index (χ4n) is 4.57. The second kappa shape index (κ2) is 19.6. The molecule has 0 aromatic heterocycles. The normalized spacial score (nSPS) is 13.7. The van der Waals surface area contributed by atoms with E-state index in [1.807, 2.05) is 11.9 Å². The van der Waals surface area contributed by atoms with Crippen LogP contribution in [0.1, 0.15) is 83.1 Å².